The minimum Gasteiger partial charge on any atom is -0.225 e. The van der Waals surface area contributed by atoms with Crippen molar-refractivity contribution in [1.82, 2.24) is 0 Å². The molecule has 2 rings (SSSR count). The van der Waals surface area contributed by atoms with E-state index < -0.39 is 0 Å². The molecule has 18 heavy (non-hydrogen) atoms. The summed E-state index contributed by atoms with van der Waals surface area (Å²) in [5, 5.41) is 0. The second-order valence-electron chi connectivity index (χ2n) is 4.20. The number of hydrogen-bond acceptors (Lipinski definition) is 2. The maximum absolute atomic E-state index is 4.23. The van der Waals surface area contributed by atoms with Crippen molar-refractivity contribution in [2.45, 2.75) is 12.8 Å². The highest BCUT2D eigenvalue weighted by Crippen LogP contribution is 2.14. The quantitative estimate of drug-likeness (QED) is 0.707. The van der Waals surface area contributed by atoms with Crippen LogP contribution in [0.4, 0.5) is 5.69 Å². The Kier molecular flexibility index (Phi) is 4.46. The van der Waals surface area contributed by atoms with Crippen molar-refractivity contribution in [3.63, 3.8) is 0 Å². The second-order valence-corrected chi connectivity index (χ2v) is 4.20. The molecule has 0 aliphatic rings. The minimum atomic E-state index is 0.393. The van der Waals surface area contributed by atoms with Crippen LogP contribution in [-0.2, 0) is 0 Å². The molecule has 1 unspecified atom stereocenters. The van der Waals surface area contributed by atoms with Crippen molar-refractivity contribution in [2.24, 2.45) is 9.98 Å². The maximum Gasteiger partial charge on any atom is 0.0949 e. The lowest BCUT2D eigenvalue weighted by molar-refractivity contribution is 0.778. The van der Waals surface area contributed by atoms with Crippen molar-refractivity contribution >= 4 is 11.7 Å². The Labute approximate surface area is 108 Å². The molecule has 90 valence electrons. The number of nitrogens with zero attached hydrogens (tertiary/aromatic N) is 2. The first-order valence-electron chi connectivity index (χ1n) is 6.08. The van der Waals surface area contributed by atoms with Crippen LogP contribution in [0, 0.1) is 0 Å². The highest BCUT2D eigenvalue weighted by Gasteiger charge is 2.01. The molecule has 0 saturated carbocycles. The largest absolute Gasteiger partial charge is 0.225 e. The third kappa shape index (κ3) is 3.69. The van der Waals surface area contributed by atoms with Gasteiger partial charge in [0.2, 0.25) is 0 Å². The van der Waals surface area contributed by atoms with Crippen LogP contribution >= 0.6 is 0 Å². The average molecular weight is 236 g/mol. The molecule has 0 aliphatic heterocycles. The molecule has 0 bridgehead atoms. The average Bonchev–Trinajstić information content (AvgIpc) is 2.45. The first kappa shape index (κ1) is 12.3. The predicted molar refractivity (Wildman–Crippen MR) is 75.7 cm³/mol. The van der Waals surface area contributed by atoms with Gasteiger partial charge in [-0.25, -0.2) is 4.99 Å². The van der Waals surface area contributed by atoms with Crippen molar-refractivity contribution in [2.75, 3.05) is 6.54 Å². The van der Waals surface area contributed by atoms with Crippen molar-refractivity contribution in [3.05, 3.63) is 66.2 Å². The van der Waals surface area contributed by atoms with Crippen LogP contribution < -0.4 is 0 Å². The van der Waals surface area contributed by atoms with Crippen LogP contribution in [0.15, 0.2) is 70.6 Å². The summed E-state index contributed by atoms with van der Waals surface area (Å²) in [6.45, 7) is 2.86. The van der Waals surface area contributed by atoms with Gasteiger partial charge in [-0.2, -0.15) is 4.99 Å². The fourth-order valence-electron chi connectivity index (χ4n) is 1.66. The highest BCUT2D eigenvalue weighted by molar-refractivity contribution is 5.52. The molecule has 2 aromatic carbocycles. The van der Waals surface area contributed by atoms with Crippen LogP contribution in [0.25, 0.3) is 0 Å². The Bertz CT molecular complexity index is 526. The van der Waals surface area contributed by atoms with Gasteiger partial charge in [0.25, 0.3) is 0 Å². The van der Waals surface area contributed by atoms with E-state index in [4.69, 9.17) is 0 Å². The van der Waals surface area contributed by atoms with Gasteiger partial charge in [0.1, 0.15) is 0 Å². The molecule has 0 amide bonds. The van der Waals surface area contributed by atoms with Crippen LogP contribution in [0.5, 0.6) is 0 Å². The second kappa shape index (κ2) is 6.53. The predicted octanol–water partition coefficient (Wildman–Crippen LogP) is 4.30. The molecule has 2 aromatic rings. The third-order valence-corrected chi connectivity index (χ3v) is 2.74. The van der Waals surface area contributed by atoms with Gasteiger partial charge in [0, 0.05) is 5.92 Å². The van der Waals surface area contributed by atoms with Crippen LogP contribution in [0.3, 0.4) is 0 Å². The summed E-state index contributed by atoms with van der Waals surface area (Å²) >= 11 is 0. The Morgan fingerprint density at radius 1 is 0.944 bits per heavy atom. The topological polar surface area (TPSA) is 24.7 Å². The highest BCUT2D eigenvalue weighted by atomic mass is 14.8. The molecule has 2 nitrogen and oxygen atoms in total. The van der Waals surface area contributed by atoms with E-state index in [0.717, 1.165) is 5.69 Å². The van der Waals surface area contributed by atoms with Crippen LogP contribution in [0.1, 0.15) is 18.4 Å². The Hall–Kier alpha value is -2.18. The standard InChI is InChI=1S/C16H16N2/c1-14(15-8-4-2-5-9-15)12-17-13-18-16-10-6-3-7-11-16/h2-11,14H,12H2,1H3. The van der Waals surface area contributed by atoms with E-state index >= 15 is 0 Å². The lowest BCUT2D eigenvalue weighted by atomic mass is 10.0. The fraction of sp³-hybridized carbons (Fsp3) is 0.188. The van der Waals surface area contributed by atoms with E-state index in [9.17, 15) is 0 Å². The molecule has 2 heteroatoms. The number of benzene rings is 2. The molecule has 0 N–H and O–H groups in total. The van der Waals surface area contributed by atoms with Gasteiger partial charge in [-0.05, 0) is 17.7 Å². The summed E-state index contributed by atoms with van der Waals surface area (Å²) in [6, 6.07) is 22.9. The first-order valence-corrected chi connectivity index (χ1v) is 6.08. The first-order chi connectivity index (χ1) is 8.86. The van der Waals surface area contributed by atoms with E-state index in [2.05, 4.69) is 35.0 Å². The molecule has 0 heterocycles. The maximum atomic E-state index is 4.23. The number of rotatable bonds is 4. The number of hydrogen-bond donors (Lipinski definition) is 0. The molecular formula is C16H16N2. The van der Waals surface area contributed by atoms with Gasteiger partial charge in [-0.15, -0.1) is 0 Å². The summed E-state index contributed by atoms with van der Waals surface area (Å²) in [6.07, 6.45) is 0. The summed E-state index contributed by atoms with van der Waals surface area (Å²) in [5.41, 5.74) is 2.18. The molecule has 0 radical (unpaired) electrons. The molecule has 0 aromatic heterocycles. The Morgan fingerprint density at radius 2 is 1.56 bits per heavy atom. The SMILES string of the molecule is CC(CN=C=Nc1ccccc1)c1ccccc1. The van der Waals surface area contributed by atoms with E-state index in [1.165, 1.54) is 5.56 Å². The molecule has 0 aliphatic carbocycles. The Morgan fingerprint density at radius 3 is 2.22 bits per heavy atom. The zero-order valence-electron chi connectivity index (χ0n) is 10.5. The lowest BCUT2D eigenvalue weighted by Gasteiger charge is -2.06. The summed E-state index contributed by atoms with van der Waals surface area (Å²) in [5.74, 6) is 0.393. The normalized spacial score (nSPS) is 11.4. The summed E-state index contributed by atoms with van der Waals surface area (Å²) < 4.78 is 0. The number of aliphatic imine (C=N–C) groups is 2. The minimum absolute atomic E-state index is 0.393. The van der Waals surface area contributed by atoms with Gasteiger partial charge in [0.05, 0.1) is 18.2 Å². The van der Waals surface area contributed by atoms with Crippen LogP contribution in [-0.4, -0.2) is 12.6 Å². The zero-order chi connectivity index (χ0) is 12.6. The molecular weight excluding hydrogens is 220 g/mol. The van der Waals surface area contributed by atoms with Crippen molar-refractivity contribution in [1.29, 1.82) is 0 Å². The molecule has 0 fully saturated rings. The monoisotopic (exact) mass is 236 g/mol. The van der Waals surface area contributed by atoms with E-state index in [-0.39, 0.29) is 0 Å². The van der Waals surface area contributed by atoms with Gasteiger partial charge < -0.3 is 0 Å². The van der Waals surface area contributed by atoms with Crippen LogP contribution in [0.2, 0.25) is 0 Å². The molecule has 1 atom stereocenters. The molecule has 0 spiro atoms. The van der Waals surface area contributed by atoms with Gasteiger partial charge in [-0.1, -0.05) is 55.5 Å². The Balaban J connectivity index is 1.94. The van der Waals surface area contributed by atoms with E-state index in [1.54, 1.807) is 0 Å². The smallest absolute Gasteiger partial charge is 0.0949 e. The van der Waals surface area contributed by atoms with Crippen molar-refractivity contribution in [3.8, 4) is 0 Å². The summed E-state index contributed by atoms with van der Waals surface area (Å²) in [7, 11) is 0. The fourth-order valence-corrected chi connectivity index (χ4v) is 1.66. The van der Waals surface area contributed by atoms with Gasteiger partial charge in [0.15, 0.2) is 0 Å². The lowest BCUT2D eigenvalue weighted by Crippen LogP contribution is -1.96. The summed E-state index contributed by atoms with van der Waals surface area (Å²) in [4.78, 5) is 8.38. The zero-order valence-corrected chi connectivity index (χ0v) is 10.5. The third-order valence-electron chi connectivity index (χ3n) is 2.74. The van der Waals surface area contributed by atoms with Crippen molar-refractivity contribution < 1.29 is 0 Å². The van der Waals surface area contributed by atoms with E-state index in [1.807, 2.05) is 48.5 Å². The number of para-hydroxylation sites is 1. The van der Waals surface area contributed by atoms with E-state index in [0.29, 0.717) is 12.5 Å². The molecule has 0 saturated heterocycles. The van der Waals surface area contributed by atoms with Gasteiger partial charge in [-0.3, -0.25) is 0 Å². The van der Waals surface area contributed by atoms with Gasteiger partial charge >= 0.3 is 0 Å².